The molecule has 0 unspecified atom stereocenters. The highest BCUT2D eigenvalue weighted by molar-refractivity contribution is 5.96. The molecule has 4 rings (SSSR count). The summed E-state index contributed by atoms with van der Waals surface area (Å²) >= 11 is 0. The van der Waals surface area contributed by atoms with Crippen molar-refractivity contribution in [2.75, 3.05) is 31.1 Å². The molecule has 1 saturated heterocycles. The van der Waals surface area contributed by atoms with Gasteiger partial charge in [-0.15, -0.1) is 0 Å². The van der Waals surface area contributed by atoms with Crippen molar-refractivity contribution in [2.45, 2.75) is 20.8 Å². The lowest BCUT2D eigenvalue weighted by atomic mass is 10.1. The van der Waals surface area contributed by atoms with Crippen LogP contribution in [0, 0.1) is 20.8 Å². The molecular weight excluding hydrogens is 350 g/mol. The monoisotopic (exact) mass is 377 g/mol. The van der Waals surface area contributed by atoms with Crippen LogP contribution in [-0.2, 0) is 7.05 Å². The average Bonchev–Trinajstić information content (AvgIpc) is 3.24. The van der Waals surface area contributed by atoms with Gasteiger partial charge in [-0.2, -0.15) is 5.10 Å². The second kappa shape index (κ2) is 7.19. The predicted octanol–water partition coefficient (Wildman–Crippen LogP) is 3.10. The van der Waals surface area contributed by atoms with Gasteiger partial charge >= 0.3 is 0 Å². The van der Waals surface area contributed by atoms with E-state index in [0.717, 1.165) is 48.9 Å². The first-order valence-electron chi connectivity index (χ1n) is 9.74. The lowest BCUT2D eigenvalue weighted by molar-refractivity contribution is 0.0746. The Morgan fingerprint density at radius 1 is 0.964 bits per heavy atom. The van der Waals surface area contributed by atoms with E-state index in [2.05, 4.69) is 45.8 Å². The first kappa shape index (κ1) is 18.3. The molecule has 0 saturated carbocycles. The van der Waals surface area contributed by atoms with Crippen LogP contribution < -0.4 is 4.90 Å². The Kier molecular flexibility index (Phi) is 4.71. The molecule has 0 spiro atoms. The highest BCUT2D eigenvalue weighted by Crippen LogP contribution is 2.23. The van der Waals surface area contributed by atoms with Crippen molar-refractivity contribution in [3.8, 4) is 5.82 Å². The number of rotatable bonds is 3. The summed E-state index contributed by atoms with van der Waals surface area (Å²) in [5, 5.41) is 4.49. The molecular formula is C22H27N5O. The number of carbonyl (C=O) groups excluding carboxylic acids is 1. The molecule has 1 amide bonds. The first-order chi connectivity index (χ1) is 13.4. The molecule has 1 aliphatic rings. The van der Waals surface area contributed by atoms with E-state index in [1.165, 1.54) is 11.3 Å². The summed E-state index contributed by atoms with van der Waals surface area (Å²) in [6, 6.07) is 12.5. The number of benzene rings is 1. The van der Waals surface area contributed by atoms with Crippen LogP contribution in [0.4, 0.5) is 5.69 Å². The van der Waals surface area contributed by atoms with Crippen LogP contribution >= 0.6 is 0 Å². The molecule has 3 heterocycles. The second-order valence-electron chi connectivity index (χ2n) is 7.58. The number of anilines is 1. The van der Waals surface area contributed by atoms with Crippen LogP contribution in [0.5, 0.6) is 0 Å². The van der Waals surface area contributed by atoms with Crippen molar-refractivity contribution < 1.29 is 4.79 Å². The average molecular weight is 377 g/mol. The third-order valence-electron chi connectivity index (χ3n) is 5.56. The van der Waals surface area contributed by atoms with E-state index in [0.29, 0.717) is 0 Å². The molecule has 1 aliphatic heterocycles. The fourth-order valence-electron chi connectivity index (χ4n) is 3.95. The van der Waals surface area contributed by atoms with Crippen LogP contribution in [0.15, 0.2) is 42.6 Å². The molecule has 0 aliphatic carbocycles. The van der Waals surface area contributed by atoms with Crippen LogP contribution in [0.25, 0.3) is 5.82 Å². The minimum atomic E-state index is 0.110. The van der Waals surface area contributed by atoms with E-state index in [1.807, 2.05) is 44.1 Å². The van der Waals surface area contributed by atoms with Gasteiger partial charge in [-0.1, -0.05) is 17.7 Å². The van der Waals surface area contributed by atoms with Crippen molar-refractivity contribution in [1.82, 2.24) is 19.2 Å². The minimum absolute atomic E-state index is 0.110. The third kappa shape index (κ3) is 3.30. The van der Waals surface area contributed by atoms with E-state index in [1.54, 1.807) is 4.68 Å². The van der Waals surface area contributed by atoms with Gasteiger partial charge in [-0.3, -0.25) is 9.48 Å². The van der Waals surface area contributed by atoms with Gasteiger partial charge in [0.05, 0.1) is 5.56 Å². The van der Waals surface area contributed by atoms with Crippen molar-refractivity contribution in [3.05, 3.63) is 65.1 Å². The van der Waals surface area contributed by atoms with Crippen LogP contribution in [-0.4, -0.2) is 51.3 Å². The number of amides is 1. The standard InChI is InChI=1S/C22H27N5O/c1-16-5-7-19(8-6-16)25-11-13-26(14-12-25)22(28)20-15-17(2)27(18(20)3)21-9-10-24(4)23-21/h5-10,15H,11-14H2,1-4H3. The molecule has 0 bridgehead atoms. The number of carbonyl (C=O) groups is 1. The normalized spacial score (nSPS) is 14.6. The number of nitrogens with zero attached hydrogens (tertiary/aromatic N) is 5. The van der Waals surface area contributed by atoms with Gasteiger partial charge in [0.1, 0.15) is 0 Å². The van der Waals surface area contributed by atoms with Gasteiger partial charge < -0.3 is 14.4 Å². The van der Waals surface area contributed by atoms with Crippen LogP contribution in [0.1, 0.15) is 27.3 Å². The summed E-state index contributed by atoms with van der Waals surface area (Å²) in [5.74, 6) is 0.958. The minimum Gasteiger partial charge on any atom is -0.368 e. The van der Waals surface area contributed by atoms with Crippen molar-refractivity contribution in [1.29, 1.82) is 0 Å². The fourth-order valence-corrected chi connectivity index (χ4v) is 3.95. The molecule has 28 heavy (non-hydrogen) atoms. The molecule has 2 aromatic heterocycles. The predicted molar refractivity (Wildman–Crippen MR) is 111 cm³/mol. The number of aryl methyl sites for hydroxylation is 3. The maximum atomic E-state index is 13.2. The maximum absolute atomic E-state index is 13.2. The topological polar surface area (TPSA) is 46.3 Å². The zero-order chi connectivity index (χ0) is 19.8. The maximum Gasteiger partial charge on any atom is 0.255 e. The molecule has 0 atom stereocenters. The smallest absolute Gasteiger partial charge is 0.255 e. The molecule has 1 aromatic carbocycles. The Morgan fingerprint density at radius 3 is 2.25 bits per heavy atom. The Labute approximate surface area is 166 Å². The molecule has 0 N–H and O–H groups in total. The number of hydrogen-bond donors (Lipinski definition) is 0. The van der Waals surface area contributed by atoms with E-state index in [4.69, 9.17) is 0 Å². The van der Waals surface area contributed by atoms with E-state index < -0.39 is 0 Å². The Hall–Kier alpha value is -3.02. The summed E-state index contributed by atoms with van der Waals surface area (Å²) in [6.07, 6.45) is 1.92. The largest absolute Gasteiger partial charge is 0.368 e. The van der Waals surface area contributed by atoms with Gasteiger partial charge in [0.25, 0.3) is 5.91 Å². The van der Waals surface area contributed by atoms with Gasteiger partial charge in [0, 0.05) is 62.6 Å². The molecule has 3 aromatic rings. The van der Waals surface area contributed by atoms with Gasteiger partial charge in [0.2, 0.25) is 0 Å². The summed E-state index contributed by atoms with van der Waals surface area (Å²) < 4.78 is 3.83. The van der Waals surface area contributed by atoms with Gasteiger partial charge in [0.15, 0.2) is 5.82 Å². The molecule has 6 heteroatoms. The summed E-state index contributed by atoms with van der Waals surface area (Å²) in [7, 11) is 1.90. The highest BCUT2D eigenvalue weighted by atomic mass is 16.2. The first-order valence-corrected chi connectivity index (χ1v) is 9.74. The van der Waals surface area contributed by atoms with Gasteiger partial charge in [-0.25, -0.2) is 0 Å². The molecule has 146 valence electrons. The number of hydrogen-bond acceptors (Lipinski definition) is 3. The number of aromatic nitrogens is 3. The van der Waals surface area contributed by atoms with Crippen molar-refractivity contribution >= 4 is 11.6 Å². The quantitative estimate of drug-likeness (QED) is 0.705. The molecule has 0 radical (unpaired) electrons. The zero-order valence-electron chi connectivity index (χ0n) is 17.0. The van der Waals surface area contributed by atoms with E-state index in [-0.39, 0.29) is 5.91 Å². The van der Waals surface area contributed by atoms with Crippen LogP contribution in [0.2, 0.25) is 0 Å². The van der Waals surface area contributed by atoms with Crippen molar-refractivity contribution in [2.24, 2.45) is 7.05 Å². The summed E-state index contributed by atoms with van der Waals surface area (Å²) in [5.41, 5.74) is 5.23. The Bertz CT molecular complexity index is 991. The Balaban J connectivity index is 1.49. The van der Waals surface area contributed by atoms with Crippen molar-refractivity contribution in [3.63, 3.8) is 0 Å². The highest BCUT2D eigenvalue weighted by Gasteiger charge is 2.26. The number of piperazine rings is 1. The zero-order valence-corrected chi connectivity index (χ0v) is 17.0. The van der Waals surface area contributed by atoms with E-state index >= 15 is 0 Å². The van der Waals surface area contributed by atoms with E-state index in [9.17, 15) is 4.79 Å². The lowest BCUT2D eigenvalue weighted by Crippen LogP contribution is -2.48. The fraction of sp³-hybridized carbons (Fsp3) is 0.364. The lowest BCUT2D eigenvalue weighted by Gasteiger charge is -2.36. The summed E-state index contributed by atoms with van der Waals surface area (Å²) in [4.78, 5) is 17.5. The Morgan fingerprint density at radius 2 is 1.64 bits per heavy atom. The van der Waals surface area contributed by atoms with Crippen LogP contribution in [0.3, 0.4) is 0 Å². The molecule has 6 nitrogen and oxygen atoms in total. The molecule has 1 fully saturated rings. The SMILES string of the molecule is Cc1ccc(N2CCN(C(=O)c3cc(C)n(-c4ccn(C)n4)c3C)CC2)cc1. The third-order valence-corrected chi connectivity index (χ3v) is 5.56. The summed E-state index contributed by atoms with van der Waals surface area (Å²) in [6.45, 7) is 9.30. The van der Waals surface area contributed by atoms with Gasteiger partial charge in [-0.05, 0) is 39.0 Å². The second-order valence-corrected chi connectivity index (χ2v) is 7.58.